The fourth-order valence-electron chi connectivity index (χ4n) is 2.33. The number of unbranched alkanes of at least 4 members (excludes halogenated alkanes) is 4. The van der Waals surface area contributed by atoms with Crippen molar-refractivity contribution in [1.29, 1.82) is 0 Å². The van der Waals surface area contributed by atoms with E-state index in [1.165, 1.54) is 25.3 Å². The highest BCUT2D eigenvalue weighted by molar-refractivity contribution is 5.19. The average molecular weight is 302 g/mol. The summed E-state index contributed by atoms with van der Waals surface area (Å²) in [5.41, 5.74) is 0.00443. The molecule has 0 aliphatic carbocycles. The third-order valence-corrected chi connectivity index (χ3v) is 3.52. The lowest BCUT2D eigenvalue weighted by atomic mass is 10.0. The van der Waals surface area contributed by atoms with Gasteiger partial charge in [-0.15, -0.1) is 0 Å². The molecule has 0 aromatic carbocycles. The predicted molar refractivity (Wildman–Crippen MR) is 79.0 cm³/mol. The highest BCUT2D eigenvalue weighted by Crippen LogP contribution is 2.29. The standard InChI is InChI=1S/C16H25F3N2/c1-3-5-6-7-8-9-14(20-4-2)15-11-10-13(12-21-15)16(17,18)19/h10-12,14,20H,3-9H2,1-2H3. The topological polar surface area (TPSA) is 24.9 Å². The summed E-state index contributed by atoms with van der Waals surface area (Å²) in [7, 11) is 0. The van der Waals surface area contributed by atoms with Crippen molar-refractivity contribution in [2.45, 2.75) is 64.6 Å². The van der Waals surface area contributed by atoms with Crippen LogP contribution in [0.5, 0.6) is 0 Å². The molecule has 2 nitrogen and oxygen atoms in total. The molecule has 1 unspecified atom stereocenters. The van der Waals surface area contributed by atoms with Crippen LogP contribution in [0, 0.1) is 0 Å². The number of nitrogens with zero attached hydrogens (tertiary/aromatic N) is 1. The lowest BCUT2D eigenvalue weighted by molar-refractivity contribution is -0.137. The maximum absolute atomic E-state index is 12.5. The summed E-state index contributed by atoms with van der Waals surface area (Å²) >= 11 is 0. The van der Waals surface area contributed by atoms with Crippen molar-refractivity contribution < 1.29 is 13.2 Å². The monoisotopic (exact) mass is 302 g/mol. The SMILES string of the molecule is CCCCCCCC(NCC)c1ccc(C(F)(F)F)cn1. The normalized spacial score (nSPS) is 13.4. The molecule has 0 fully saturated rings. The molecule has 0 saturated heterocycles. The Morgan fingerprint density at radius 3 is 2.33 bits per heavy atom. The number of nitrogens with one attached hydrogen (secondary N) is 1. The molecule has 1 atom stereocenters. The lowest BCUT2D eigenvalue weighted by Crippen LogP contribution is -2.22. The minimum Gasteiger partial charge on any atom is -0.309 e. The predicted octanol–water partition coefficient (Wildman–Crippen LogP) is 5.11. The van der Waals surface area contributed by atoms with Gasteiger partial charge in [-0.1, -0.05) is 46.0 Å². The molecule has 0 spiro atoms. The zero-order chi connectivity index (χ0) is 15.7. The summed E-state index contributed by atoms with van der Waals surface area (Å²) in [5.74, 6) is 0. The third kappa shape index (κ3) is 6.46. The number of pyridine rings is 1. The Morgan fingerprint density at radius 1 is 1.10 bits per heavy atom. The molecule has 0 radical (unpaired) electrons. The van der Waals surface area contributed by atoms with Crippen LogP contribution in [0.3, 0.4) is 0 Å². The number of alkyl halides is 3. The van der Waals surface area contributed by atoms with Gasteiger partial charge in [-0.2, -0.15) is 13.2 Å². The smallest absolute Gasteiger partial charge is 0.309 e. The zero-order valence-corrected chi connectivity index (χ0v) is 12.8. The fourth-order valence-corrected chi connectivity index (χ4v) is 2.33. The van der Waals surface area contributed by atoms with Gasteiger partial charge >= 0.3 is 6.18 Å². The van der Waals surface area contributed by atoms with Crippen molar-refractivity contribution >= 4 is 0 Å². The molecule has 0 bridgehead atoms. The number of rotatable bonds is 9. The Kier molecular flexibility index (Phi) is 7.72. The highest BCUT2D eigenvalue weighted by Gasteiger charge is 2.30. The Hall–Kier alpha value is -1.10. The number of hydrogen-bond donors (Lipinski definition) is 1. The van der Waals surface area contributed by atoms with Gasteiger partial charge in [-0.25, -0.2) is 0 Å². The summed E-state index contributed by atoms with van der Waals surface area (Å²) in [4.78, 5) is 4.00. The van der Waals surface area contributed by atoms with Gasteiger partial charge in [0.2, 0.25) is 0 Å². The molecule has 1 heterocycles. The summed E-state index contributed by atoms with van der Waals surface area (Å²) < 4.78 is 37.6. The molecule has 5 heteroatoms. The number of halogens is 3. The van der Waals surface area contributed by atoms with E-state index in [1.54, 1.807) is 0 Å². The summed E-state index contributed by atoms with van der Waals surface area (Å²) in [6.45, 7) is 4.95. The Labute approximate surface area is 125 Å². The van der Waals surface area contributed by atoms with E-state index in [0.29, 0.717) is 5.69 Å². The van der Waals surface area contributed by atoms with Crippen LogP contribution in [-0.4, -0.2) is 11.5 Å². The molecule has 0 saturated carbocycles. The summed E-state index contributed by atoms with van der Waals surface area (Å²) in [5, 5.41) is 3.30. The van der Waals surface area contributed by atoms with Crippen LogP contribution in [0.2, 0.25) is 0 Å². The van der Waals surface area contributed by atoms with Crippen molar-refractivity contribution in [2.75, 3.05) is 6.54 Å². The second-order valence-corrected chi connectivity index (χ2v) is 5.28. The molecule has 1 N–H and O–H groups in total. The Bertz CT molecular complexity index is 388. The molecule has 1 aromatic rings. The molecule has 1 aromatic heterocycles. The summed E-state index contributed by atoms with van der Waals surface area (Å²) in [6, 6.07) is 2.64. The first-order valence-electron chi connectivity index (χ1n) is 7.75. The van der Waals surface area contributed by atoms with Crippen LogP contribution in [0.15, 0.2) is 18.3 Å². The van der Waals surface area contributed by atoms with Crippen LogP contribution >= 0.6 is 0 Å². The molecular weight excluding hydrogens is 277 g/mol. The number of hydrogen-bond acceptors (Lipinski definition) is 2. The van der Waals surface area contributed by atoms with E-state index in [1.807, 2.05) is 6.92 Å². The van der Waals surface area contributed by atoms with Crippen molar-refractivity contribution in [1.82, 2.24) is 10.3 Å². The Morgan fingerprint density at radius 2 is 1.81 bits per heavy atom. The molecule has 0 amide bonds. The maximum atomic E-state index is 12.5. The average Bonchev–Trinajstić information content (AvgIpc) is 2.45. The zero-order valence-electron chi connectivity index (χ0n) is 12.8. The molecule has 120 valence electrons. The minimum absolute atomic E-state index is 0.0407. The van der Waals surface area contributed by atoms with E-state index in [4.69, 9.17) is 0 Å². The minimum atomic E-state index is -4.32. The van der Waals surface area contributed by atoms with Crippen LogP contribution in [-0.2, 0) is 6.18 Å². The van der Waals surface area contributed by atoms with Crippen molar-refractivity contribution in [3.05, 3.63) is 29.6 Å². The third-order valence-electron chi connectivity index (χ3n) is 3.52. The van der Waals surface area contributed by atoms with E-state index >= 15 is 0 Å². The van der Waals surface area contributed by atoms with Gasteiger partial charge in [0, 0.05) is 12.2 Å². The maximum Gasteiger partial charge on any atom is 0.417 e. The van der Waals surface area contributed by atoms with Crippen LogP contribution in [0.4, 0.5) is 13.2 Å². The Balaban J connectivity index is 2.59. The largest absolute Gasteiger partial charge is 0.417 e. The van der Waals surface area contributed by atoms with Crippen LogP contribution in [0.25, 0.3) is 0 Å². The first-order valence-corrected chi connectivity index (χ1v) is 7.75. The van der Waals surface area contributed by atoms with Gasteiger partial charge < -0.3 is 5.32 Å². The molecule has 1 rings (SSSR count). The fraction of sp³-hybridized carbons (Fsp3) is 0.688. The first kappa shape index (κ1) is 18.0. The first-order chi connectivity index (χ1) is 9.99. The van der Waals surface area contributed by atoms with Gasteiger partial charge in [0.05, 0.1) is 11.3 Å². The van der Waals surface area contributed by atoms with Gasteiger partial charge in [0.25, 0.3) is 0 Å². The van der Waals surface area contributed by atoms with Gasteiger partial charge in [-0.3, -0.25) is 4.98 Å². The van der Waals surface area contributed by atoms with E-state index in [9.17, 15) is 13.2 Å². The highest BCUT2D eigenvalue weighted by atomic mass is 19.4. The second kappa shape index (κ2) is 9.03. The second-order valence-electron chi connectivity index (χ2n) is 5.28. The molecule has 0 aliphatic heterocycles. The van der Waals surface area contributed by atoms with Crippen LogP contribution < -0.4 is 5.32 Å². The molecule has 0 aliphatic rings. The quantitative estimate of drug-likeness (QED) is 0.641. The van der Waals surface area contributed by atoms with Gasteiger partial charge in [-0.05, 0) is 25.1 Å². The lowest BCUT2D eigenvalue weighted by Gasteiger charge is -2.18. The summed E-state index contributed by atoms with van der Waals surface area (Å²) in [6.07, 6.45) is 3.42. The van der Waals surface area contributed by atoms with E-state index < -0.39 is 11.7 Å². The van der Waals surface area contributed by atoms with Gasteiger partial charge in [0.15, 0.2) is 0 Å². The van der Waals surface area contributed by atoms with Crippen LogP contribution in [0.1, 0.15) is 69.7 Å². The van der Waals surface area contributed by atoms with E-state index in [0.717, 1.165) is 38.1 Å². The van der Waals surface area contributed by atoms with E-state index in [2.05, 4.69) is 17.2 Å². The number of aromatic nitrogens is 1. The molecule has 21 heavy (non-hydrogen) atoms. The van der Waals surface area contributed by atoms with Crippen molar-refractivity contribution in [3.8, 4) is 0 Å². The molecular formula is C16H25F3N2. The van der Waals surface area contributed by atoms with Gasteiger partial charge in [0.1, 0.15) is 0 Å². The van der Waals surface area contributed by atoms with Crippen molar-refractivity contribution in [3.63, 3.8) is 0 Å². The van der Waals surface area contributed by atoms with Crippen molar-refractivity contribution in [2.24, 2.45) is 0 Å². The van der Waals surface area contributed by atoms with E-state index in [-0.39, 0.29) is 6.04 Å².